The van der Waals surface area contributed by atoms with Crippen LogP contribution < -0.4 is 9.47 Å². The number of hydrogen-bond acceptors (Lipinski definition) is 2. The third-order valence-electron chi connectivity index (χ3n) is 2.51. The zero-order valence-corrected chi connectivity index (χ0v) is 12.2. The maximum atomic E-state index is 5.74. The molecule has 1 atom stereocenters. The average Bonchev–Trinajstić information content (AvgIpc) is 2.36. The fourth-order valence-electron chi connectivity index (χ4n) is 1.54. The minimum atomic E-state index is 0.605. The highest BCUT2D eigenvalue weighted by Gasteiger charge is 2.04. The molecule has 0 N–H and O–H groups in total. The van der Waals surface area contributed by atoms with Gasteiger partial charge in [-0.1, -0.05) is 35.0 Å². The number of halogens is 1. The zero-order valence-electron chi connectivity index (χ0n) is 10.6. The van der Waals surface area contributed by atoms with Crippen LogP contribution in [0.4, 0.5) is 0 Å². The Morgan fingerprint density at radius 2 is 1.76 bits per heavy atom. The smallest absolute Gasteiger partial charge is 0.161 e. The van der Waals surface area contributed by atoms with Crippen molar-refractivity contribution in [3.05, 3.63) is 24.3 Å². The van der Waals surface area contributed by atoms with Gasteiger partial charge in [0, 0.05) is 4.83 Å². The average molecular weight is 301 g/mol. The largest absolute Gasteiger partial charge is 0.490 e. The van der Waals surface area contributed by atoms with Gasteiger partial charge in [0.25, 0.3) is 0 Å². The molecule has 1 rings (SSSR count). The van der Waals surface area contributed by atoms with Crippen molar-refractivity contribution in [1.29, 1.82) is 0 Å². The van der Waals surface area contributed by atoms with Crippen molar-refractivity contribution in [2.45, 2.75) is 37.9 Å². The third-order valence-corrected chi connectivity index (χ3v) is 3.62. The Hall–Kier alpha value is -0.700. The first-order valence-corrected chi connectivity index (χ1v) is 7.18. The zero-order chi connectivity index (χ0) is 12.5. The molecular weight excluding hydrogens is 280 g/mol. The molecule has 0 saturated carbocycles. The summed E-state index contributed by atoms with van der Waals surface area (Å²) >= 11 is 3.62. The van der Waals surface area contributed by atoms with Gasteiger partial charge in [-0.25, -0.2) is 0 Å². The van der Waals surface area contributed by atoms with Crippen LogP contribution in [0.3, 0.4) is 0 Å². The van der Waals surface area contributed by atoms with E-state index < -0.39 is 0 Å². The maximum absolute atomic E-state index is 5.74. The summed E-state index contributed by atoms with van der Waals surface area (Å²) in [4.78, 5) is 0.605. The molecule has 0 bridgehead atoms. The number of alkyl halides is 1. The second kappa shape index (κ2) is 8.40. The molecule has 0 fully saturated rings. The Labute approximate surface area is 112 Å². The summed E-state index contributed by atoms with van der Waals surface area (Å²) in [7, 11) is 0. The highest BCUT2D eigenvalue weighted by atomic mass is 79.9. The summed E-state index contributed by atoms with van der Waals surface area (Å²) in [6, 6.07) is 7.83. The number of rotatable bonds is 8. The van der Waals surface area contributed by atoms with Crippen LogP contribution in [0.25, 0.3) is 0 Å². The van der Waals surface area contributed by atoms with Gasteiger partial charge in [-0.15, -0.1) is 0 Å². The van der Waals surface area contributed by atoms with Crippen LogP contribution >= 0.6 is 15.9 Å². The summed E-state index contributed by atoms with van der Waals surface area (Å²) in [6.45, 7) is 5.57. The standard InChI is InChI=1S/C14H21BrO2/c1-3-12(15)8-7-11-17-14-10-6-5-9-13(14)16-4-2/h5-6,9-10,12H,3-4,7-8,11H2,1-2H3. The van der Waals surface area contributed by atoms with E-state index in [0.29, 0.717) is 11.4 Å². The van der Waals surface area contributed by atoms with Gasteiger partial charge in [0.2, 0.25) is 0 Å². The van der Waals surface area contributed by atoms with Crippen LogP contribution in [0.5, 0.6) is 11.5 Å². The van der Waals surface area contributed by atoms with Crippen LogP contribution in [0, 0.1) is 0 Å². The van der Waals surface area contributed by atoms with E-state index in [4.69, 9.17) is 9.47 Å². The minimum Gasteiger partial charge on any atom is -0.490 e. The molecule has 0 aliphatic carbocycles. The highest BCUT2D eigenvalue weighted by molar-refractivity contribution is 9.09. The van der Waals surface area contributed by atoms with Crippen molar-refractivity contribution in [3.8, 4) is 11.5 Å². The Morgan fingerprint density at radius 1 is 1.12 bits per heavy atom. The van der Waals surface area contributed by atoms with Crippen molar-refractivity contribution in [3.63, 3.8) is 0 Å². The fourth-order valence-corrected chi connectivity index (χ4v) is 1.86. The summed E-state index contributed by atoms with van der Waals surface area (Å²) < 4.78 is 11.2. The van der Waals surface area contributed by atoms with Crippen molar-refractivity contribution < 1.29 is 9.47 Å². The van der Waals surface area contributed by atoms with Gasteiger partial charge >= 0.3 is 0 Å². The lowest BCUT2D eigenvalue weighted by atomic mass is 10.2. The minimum absolute atomic E-state index is 0.605. The first-order chi connectivity index (χ1) is 8.27. The molecule has 1 unspecified atom stereocenters. The Morgan fingerprint density at radius 3 is 2.35 bits per heavy atom. The molecule has 0 spiro atoms. The van der Waals surface area contributed by atoms with E-state index in [-0.39, 0.29) is 0 Å². The van der Waals surface area contributed by atoms with Gasteiger partial charge in [0.05, 0.1) is 13.2 Å². The van der Waals surface area contributed by atoms with E-state index >= 15 is 0 Å². The molecule has 0 aromatic heterocycles. The van der Waals surface area contributed by atoms with Gasteiger partial charge < -0.3 is 9.47 Å². The second-order valence-corrected chi connectivity index (χ2v) is 5.17. The predicted octanol–water partition coefficient (Wildman–Crippen LogP) is 4.42. The van der Waals surface area contributed by atoms with Gasteiger partial charge in [0.15, 0.2) is 11.5 Å². The topological polar surface area (TPSA) is 18.5 Å². The lowest BCUT2D eigenvalue weighted by Gasteiger charge is -2.12. The molecule has 0 saturated heterocycles. The number of benzene rings is 1. The first-order valence-electron chi connectivity index (χ1n) is 6.26. The van der Waals surface area contributed by atoms with Crippen LogP contribution in [-0.4, -0.2) is 18.0 Å². The van der Waals surface area contributed by atoms with Crippen molar-refractivity contribution in [1.82, 2.24) is 0 Å². The Balaban J connectivity index is 2.35. The molecule has 1 aromatic carbocycles. The van der Waals surface area contributed by atoms with E-state index in [1.54, 1.807) is 0 Å². The molecule has 17 heavy (non-hydrogen) atoms. The molecule has 3 heteroatoms. The molecule has 0 amide bonds. The Bertz CT molecular complexity index is 315. The predicted molar refractivity (Wildman–Crippen MR) is 75.3 cm³/mol. The number of hydrogen-bond donors (Lipinski definition) is 0. The molecule has 0 aliphatic rings. The Kier molecular flexibility index (Phi) is 7.10. The van der Waals surface area contributed by atoms with Crippen LogP contribution in [0.2, 0.25) is 0 Å². The molecule has 0 aliphatic heterocycles. The fraction of sp³-hybridized carbons (Fsp3) is 0.571. The van der Waals surface area contributed by atoms with Gasteiger partial charge in [-0.2, -0.15) is 0 Å². The monoisotopic (exact) mass is 300 g/mol. The van der Waals surface area contributed by atoms with Crippen molar-refractivity contribution in [2.24, 2.45) is 0 Å². The molecule has 0 radical (unpaired) electrons. The van der Waals surface area contributed by atoms with Crippen LogP contribution in [0.1, 0.15) is 33.1 Å². The lowest BCUT2D eigenvalue weighted by molar-refractivity contribution is 0.271. The van der Waals surface area contributed by atoms with Crippen LogP contribution in [-0.2, 0) is 0 Å². The molecular formula is C14H21BrO2. The van der Waals surface area contributed by atoms with Crippen LogP contribution in [0.15, 0.2) is 24.3 Å². The highest BCUT2D eigenvalue weighted by Crippen LogP contribution is 2.26. The van der Waals surface area contributed by atoms with E-state index in [2.05, 4.69) is 22.9 Å². The van der Waals surface area contributed by atoms with Crippen molar-refractivity contribution in [2.75, 3.05) is 13.2 Å². The summed E-state index contributed by atoms with van der Waals surface area (Å²) in [5.41, 5.74) is 0. The molecule has 0 heterocycles. The van der Waals surface area contributed by atoms with Gasteiger partial charge in [0.1, 0.15) is 0 Å². The quantitative estimate of drug-likeness (QED) is 0.523. The number of ether oxygens (including phenoxy) is 2. The van der Waals surface area contributed by atoms with E-state index in [0.717, 1.165) is 37.4 Å². The number of para-hydroxylation sites is 2. The van der Waals surface area contributed by atoms with E-state index in [1.165, 1.54) is 0 Å². The second-order valence-electron chi connectivity index (χ2n) is 3.88. The third kappa shape index (κ3) is 5.44. The molecule has 96 valence electrons. The van der Waals surface area contributed by atoms with Gasteiger partial charge in [-0.3, -0.25) is 0 Å². The summed E-state index contributed by atoms with van der Waals surface area (Å²) in [5, 5.41) is 0. The van der Waals surface area contributed by atoms with E-state index in [9.17, 15) is 0 Å². The van der Waals surface area contributed by atoms with E-state index in [1.807, 2.05) is 31.2 Å². The van der Waals surface area contributed by atoms with Gasteiger partial charge in [-0.05, 0) is 38.3 Å². The summed E-state index contributed by atoms with van der Waals surface area (Å²) in [5.74, 6) is 1.68. The molecule has 1 aromatic rings. The lowest BCUT2D eigenvalue weighted by Crippen LogP contribution is -2.03. The SMILES string of the molecule is CCOc1ccccc1OCCCC(Br)CC. The first kappa shape index (κ1) is 14.4. The van der Waals surface area contributed by atoms with Crippen molar-refractivity contribution >= 4 is 15.9 Å². The maximum Gasteiger partial charge on any atom is 0.161 e. The normalized spacial score (nSPS) is 12.2. The molecule has 2 nitrogen and oxygen atoms in total. The summed E-state index contributed by atoms with van der Waals surface area (Å²) in [6.07, 6.45) is 3.37.